The highest BCUT2D eigenvalue weighted by Crippen LogP contribution is 2.22. The summed E-state index contributed by atoms with van der Waals surface area (Å²) in [7, 11) is 1.85. The van der Waals surface area contributed by atoms with Crippen molar-refractivity contribution in [1.82, 2.24) is 10.6 Å². The minimum absolute atomic E-state index is 0.0676. The van der Waals surface area contributed by atoms with Crippen LogP contribution in [0.1, 0.15) is 6.92 Å². The van der Waals surface area contributed by atoms with Gasteiger partial charge >= 0.3 is 0 Å². The first-order chi connectivity index (χ1) is 8.61. The third kappa shape index (κ3) is 2.76. The average molecular weight is 268 g/mol. The molecule has 5 heteroatoms. The van der Waals surface area contributed by atoms with Crippen LogP contribution in [0.15, 0.2) is 24.3 Å². The first kappa shape index (κ1) is 13.2. The molecule has 4 nitrogen and oxygen atoms in total. The van der Waals surface area contributed by atoms with Gasteiger partial charge < -0.3 is 15.5 Å². The third-order valence-corrected chi connectivity index (χ3v) is 3.35. The molecule has 1 heterocycles. The lowest BCUT2D eigenvalue weighted by atomic mass is 10.1. The lowest BCUT2D eigenvalue weighted by Gasteiger charge is -2.39. The topological polar surface area (TPSA) is 44.4 Å². The van der Waals surface area contributed by atoms with Gasteiger partial charge in [0.25, 0.3) is 0 Å². The molecule has 0 saturated carbocycles. The van der Waals surface area contributed by atoms with Crippen molar-refractivity contribution in [2.45, 2.75) is 19.0 Å². The molecule has 2 unspecified atom stereocenters. The second-order valence-electron chi connectivity index (χ2n) is 4.61. The van der Waals surface area contributed by atoms with Gasteiger partial charge in [0.15, 0.2) is 0 Å². The average Bonchev–Trinajstić information content (AvgIpc) is 2.33. The molecule has 1 fully saturated rings. The molecule has 1 aliphatic heterocycles. The van der Waals surface area contributed by atoms with Crippen molar-refractivity contribution < 1.29 is 4.79 Å². The maximum atomic E-state index is 12.0. The van der Waals surface area contributed by atoms with Crippen molar-refractivity contribution in [3.05, 3.63) is 29.3 Å². The second kappa shape index (κ2) is 5.59. The number of hydrogen-bond donors (Lipinski definition) is 2. The number of hydrogen-bond acceptors (Lipinski definition) is 3. The van der Waals surface area contributed by atoms with E-state index in [9.17, 15) is 4.79 Å². The van der Waals surface area contributed by atoms with Gasteiger partial charge in [0.05, 0.1) is 0 Å². The number of nitrogens with one attached hydrogen (secondary N) is 2. The van der Waals surface area contributed by atoms with Crippen molar-refractivity contribution in [3.8, 4) is 0 Å². The Kier molecular flexibility index (Phi) is 4.09. The lowest BCUT2D eigenvalue weighted by Crippen LogP contribution is -2.62. The van der Waals surface area contributed by atoms with Gasteiger partial charge in [0, 0.05) is 29.8 Å². The zero-order valence-corrected chi connectivity index (χ0v) is 11.4. The molecule has 0 aromatic heterocycles. The number of carbonyl (C=O) groups is 1. The maximum Gasteiger partial charge on any atom is 0.244 e. The van der Waals surface area contributed by atoms with Crippen LogP contribution in [-0.4, -0.2) is 38.1 Å². The van der Waals surface area contributed by atoms with E-state index >= 15 is 0 Å². The first-order valence-electron chi connectivity index (χ1n) is 6.09. The number of benzene rings is 1. The van der Waals surface area contributed by atoms with E-state index in [-0.39, 0.29) is 18.0 Å². The highest BCUT2D eigenvalue weighted by Gasteiger charge is 2.32. The molecule has 1 aliphatic rings. The first-order valence-corrected chi connectivity index (χ1v) is 6.47. The molecule has 1 aromatic rings. The van der Waals surface area contributed by atoms with Gasteiger partial charge in [-0.15, -0.1) is 0 Å². The number of amides is 1. The predicted molar refractivity (Wildman–Crippen MR) is 74.1 cm³/mol. The largest absolute Gasteiger partial charge is 0.356 e. The Balaban J connectivity index is 2.25. The van der Waals surface area contributed by atoms with Crippen LogP contribution in [0.5, 0.6) is 0 Å². The molecule has 1 saturated heterocycles. The molecule has 0 radical (unpaired) electrons. The fraction of sp³-hybridized carbons (Fsp3) is 0.462. The van der Waals surface area contributed by atoms with E-state index in [1.807, 2.05) is 38.2 Å². The summed E-state index contributed by atoms with van der Waals surface area (Å²) in [5.41, 5.74) is 1.03. The molecule has 2 atom stereocenters. The zero-order valence-electron chi connectivity index (χ0n) is 10.6. The quantitative estimate of drug-likeness (QED) is 0.867. The molecule has 0 aliphatic carbocycles. The minimum Gasteiger partial charge on any atom is -0.356 e. The van der Waals surface area contributed by atoms with Crippen molar-refractivity contribution in [2.75, 3.05) is 25.0 Å². The van der Waals surface area contributed by atoms with Gasteiger partial charge in [-0.2, -0.15) is 0 Å². The van der Waals surface area contributed by atoms with Gasteiger partial charge in [-0.25, -0.2) is 0 Å². The van der Waals surface area contributed by atoms with E-state index in [0.29, 0.717) is 11.6 Å². The highest BCUT2D eigenvalue weighted by atomic mass is 35.5. The number of anilines is 1. The molecule has 1 aromatic carbocycles. The molecule has 98 valence electrons. The smallest absolute Gasteiger partial charge is 0.244 e. The summed E-state index contributed by atoms with van der Waals surface area (Å²) >= 11 is 5.90. The maximum absolute atomic E-state index is 12.0. The number of halogens is 1. The van der Waals surface area contributed by atoms with Crippen LogP contribution in [0.25, 0.3) is 0 Å². The number of carbonyl (C=O) groups excluding carboxylic acids is 1. The Morgan fingerprint density at radius 1 is 1.44 bits per heavy atom. The predicted octanol–water partition coefficient (Wildman–Crippen LogP) is 1.25. The fourth-order valence-electron chi connectivity index (χ4n) is 2.26. The van der Waals surface area contributed by atoms with Crippen molar-refractivity contribution in [3.63, 3.8) is 0 Å². The summed E-state index contributed by atoms with van der Waals surface area (Å²) in [5.74, 6) is 0.0676. The van der Waals surface area contributed by atoms with Crippen molar-refractivity contribution in [1.29, 1.82) is 0 Å². The van der Waals surface area contributed by atoms with Crippen LogP contribution < -0.4 is 15.5 Å². The highest BCUT2D eigenvalue weighted by molar-refractivity contribution is 6.30. The summed E-state index contributed by atoms with van der Waals surface area (Å²) in [6.07, 6.45) is 0. The number of piperazine rings is 1. The Morgan fingerprint density at radius 3 is 2.72 bits per heavy atom. The summed E-state index contributed by atoms with van der Waals surface area (Å²) in [6, 6.07) is 7.59. The molecular formula is C13H18ClN3O. The van der Waals surface area contributed by atoms with Crippen molar-refractivity contribution in [2.24, 2.45) is 0 Å². The van der Waals surface area contributed by atoms with E-state index < -0.39 is 0 Å². The standard InChI is InChI=1S/C13H18ClN3O/c1-9-8-17(11-5-3-10(14)4-6-11)12(7-15-2)13(18)16-9/h3-6,9,12,15H,7-8H2,1-2H3,(H,16,18). The summed E-state index contributed by atoms with van der Waals surface area (Å²) < 4.78 is 0. The number of rotatable bonds is 3. The van der Waals surface area contributed by atoms with Gasteiger partial charge in [0.2, 0.25) is 5.91 Å². The Bertz CT molecular complexity index is 421. The minimum atomic E-state index is -0.174. The summed E-state index contributed by atoms with van der Waals surface area (Å²) in [6.45, 7) is 3.44. The normalized spacial score (nSPS) is 23.9. The van der Waals surface area contributed by atoms with Gasteiger partial charge in [0.1, 0.15) is 6.04 Å². The monoisotopic (exact) mass is 267 g/mol. The van der Waals surface area contributed by atoms with Crippen LogP contribution in [0, 0.1) is 0 Å². The summed E-state index contributed by atoms with van der Waals surface area (Å²) in [4.78, 5) is 14.1. The van der Waals surface area contributed by atoms with E-state index in [2.05, 4.69) is 15.5 Å². The van der Waals surface area contributed by atoms with E-state index in [1.54, 1.807) is 0 Å². The SMILES string of the molecule is CNCC1C(=O)NC(C)CN1c1ccc(Cl)cc1. The van der Waals surface area contributed by atoms with Gasteiger partial charge in [-0.3, -0.25) is 4.79 Å². The van der Waals surface area contributed by atoms with E-state index in [0.717, 1.165) is 12.2 Å². The van der Waals surface area contributed by atoms with Gasteiger partial charge in [-0.05, 0) is 38.2 Å². The van der Waals surface area contributed by atoms with E-state index in [1.165, 1.54) is 0 Å². The number of likely N-dealkylation sites (N-methyl/N-ethyl adjacent to an activating group) is 1. The van der Waals surface area contributed by atoms with E-state index in [4.69, 9.17) is 11.6 Å². The lowest BCUT2D eigenvalue weighted by molar-refractivity contribution is -0.124. The molecular weight excluding hydrogens is 250 g/mol. The van der Waals surface area contributed by atoms with Crippen LogP contribution in [0.4, 0.5) is 5.69 Å². The zero-order chi connectivity index (χ0) is 13.1. The molecule has 18 heavy (non-hydrogen) atoms. The van der Waals surface area contributed by atoms with Crippen molar-refractivity contribution >= 4 is 23.2 Å². The molecule has 0 bridgehead atoms. The second-order valence-corrected chi connectivity index (χ2v) is 5.05. The summed E-state index contributed by atoms with van der Waals surface area (Å²) in [5, 5.41) is 6.75. The molecule has 2 N–H and O–H groups in total. The van der Waals surface area contributed by atoms with Crippen LogP contribution in [0.2, 0.25) is 5.02 Å². The van der Waals surface area contributed by atoms with Crippen LogP contribution in [0.3, 0.4) is 0 Å². The third-order valence-electron chi connectivity index (χ3n) is 3.09. The molecule has 1 amide bonds. The van der Waals surface area contributed by atoms with Crippen LogP contribution >= 0.6 is 11.6 Å². The Hall–Kier alpha value is -1.26. The van der Waals surface area contributed by atoms with Gasteiger partial charge in [-0.1, -0.05) is 11.6 Å². The Morgan fingerprint density at radius 2 is 2.11 bits per heavy atom. The number of nitrogens with zero attached hydrogens (tertiary/aromatic N) is 1. The molecule has 2 rings (SSSR count). The fourth-order valence-corrected chi connectivity index (χ4v) is 2.39. The molecule has 0 spiro atoms. The Labute approximate surface area is 112 Å². The van der Waals surface area contributed by atoms with Crippen LogP contribution in [-0.2, 0) is 4.79 Å².